The predicted octanol–water partition coefficient (Wildman–Crippen LogP) is 3.57. The molecule has 1 aliphatic carbocycles. The van der Waals surface area contributed by atoms with Gasteiger partial charge in [-0.3, -0.25) is 4.98 Å². The number of anilines is 1. The Kier molecular flexibility index (Phi) is 2.75. The van der Waals surface area contributed by atoms with Gasteiger partial charge >= 0.3 is 0 Å². The molecule has 0 saturated carbocycles. The predicted molar refractivity (Wildman–Crippen MR) is 69.0 cm³/mol. The third-order valence-electron chi connectivity index (χ3n) is 3.45. The Morgan fingerprint density at radius 1 is 1.38 bits per heavy atom. The van der Waals surface area contributed by atoms with Crippen molar-refractivity contribution < 1.29 is 0 Å². The summed E-state index contributed by atoms with van der Waals surface area (Å²) in [5.74, 6) is 0. The van der Waals surface area contributed by atoms with Crippen LogP contribution in [0.5, 0.6) is 0 Å². The minimum Gasteiger partial charge on any atom is -0.398 e. The molecule has 0 atom stereocenters. The largest absolute Gasteiger partial charge is 0.398 e. The summed E-state index contributed by atoms with van der Waals surface area (Å²) in [6, 6.07) is 2.00. The van der Waals surface area contributed by atoms with Crippen molar-refractivity contribution in [1.29, 1.82) is 0 Å². The minimum absolute atomic E-state index is 0.444. The maximum absolute atomic E-state index is 5.91. The number of aryl methyl sites for hydroxylation is 1. The Bertz CT molecular complexity index is 430. The van der Waals surface area contributed by atoms with Gasteiger partial charge in [0.15, 0.2) is 0 Å². The lowest BCUT2D eigenvalue weighted by atomic mass is 9.78. The summed E-state index contributed by atoms with van der Waals surface area (Å²) < 4.78 is 0. The number of nitrogens with two attached hydrogens (primary N) is 1. The zero-order valence-electron chi connectivity index (χ0n) is 10.4. The quantitative estimate of drug-likeness (QED) is 0.779. The number of aromatic nitrogens is 1. The maximum Gasteiger partial charge on any atom is 0.0679 e. The van der Waals surface area contributed by atoms with Crippen molar-refractivity contribution in [3.05, 3.63) is 29.6 Å². The molecule has 0 bridgehead atoms. The van der Waals surface area contributed by atoms with Crippen LogP contribution in [-0.4, -0.2) is 4.98 Å². The van der Waals surface area contributed by atoms with E-state index in [-0.39, 0.29) is 0 Å². The third-order valence-corrected chi connectivity index (χ3v) is 3.45. The van der Waals surface area contributed by atoms with Crippen molar-refractivity contribution >= 4 is 11.3 Å². The second kappa shape index (κ2) is 3.93. The molecule has 16 heavy (non-hydrogen) atoms. The van der Waals surface area contributed by atoms with E-state index in [1.165, 1.54) is 12.0 Å². The zero-order valence-corrected chi connectivity index (χ0v) is 10.4. The van der Waals surface area contributed by atoms with Crippen molar-refractivity contribution in [2.75, 3.05) is 5.73 Å². The van der Waals surface area contributed by atoms with Gasteiger partial charge in [0.25, 0.3) is 0 Å². The van der Waals surface area contributed by atoms with E-state index in [1.54, 1.807) is 0 Å². The van der Waals surface area contributed by atoms with E-state index in [1.807, 2.05) is 19.2 Å². The lowest BCUT2D eigenvalue weighted by Crippen LogP contribution is -2.14. The van der Waals surface area contributed by atoms with Gasteiger partial charge in [0, 0.05) is 11.9 Å². The number of nitrogen functional groups attached to an aromatic ring is 1. The van der Waals surface area contributed by atoms with Gasteiger partial charge in [0.2, 0.25) is 0 Å². The molecule has 0 fully saturated rings. The molecular weight excluding hydrogens is 196 g/mol. The van der Waals surface area contributed by atoms with E-state index in [0.29, 0.717) is 5.41 Å². The maximum atomic E-state index is 5.91. The van der Waals surface area contributed by atoms with Crippen LogP contribution in [0, 0.1) is 12.3 Å². The fraction of sp³-hybridized carbons (Fsp3) is 0.500. The molecule has 86 valence electrons. The van der Waals surface area contributed by atoms with Crippen LogP contribution in [0.1, 0.15) is 44.4 Å². The van der Waals surface area contributed by atoms with E-state index < -0.39 is 0 Å². The lowest BCUT2D eigenvalue weighted by Gasteiger charge is -2.28. The summed E-state index contributed by atoms with van der Waals surface area (Å²) in [5.41, 5.74) is 10.7. The second-order valence-electron chi connectivity index (χ2n) is 5.52. The molecule has 1 aromatic rings. The molecule has 2 rings (SSSR count). The molecule has 0 aromatic carbocycles. The molecule has 2 nitrogen and oxygen atoms in total. The molecule has 0 radical (unpaired) electrons. The van der Waals surface area contributed by atoms with Gasteiger partial charge in [-0.15, -0.1) is 0 Å². The minimum atomic E-state index is 0.444. The highest BCUT2D eigenvalue weighted by molar-refractivity contribution is 5.66. The highest BCUT2D eigenvalue weighted by Gasteiger charge is 2.22. The highest BCUT2D eigenvalue weighted by Crippen LogP contribution is 2.37. The first-order chi connectivity index (χ1) is 7.48. The molecule has 0 saturated heterocycles. The van der Waals surface area contributed by atoms with Gasteiger partial charge in [0.05, 0.1) is 5.69 Å². The van der Waals surface area contributed by atoms with Crippen LogP contribution >= 0.6 is 0 Å². The second-order valence-corrected chi connectivity index (χ2v) is 5.52. The summed E-state index contributed by atoms with van der Waals surface area (Å²) in [6.07, 6.45) is 7.67. The number of hydrogen-bond acceptors (Lipinski definition) is 2. The fourth-order valence-corrected chi connectivity index (χ4v) is 2.02. The zero-order chi connectivity index (χ0) is 11.8. The number of hydrogen-bond donors (Lipinski definition) is 1. The Hall–Kier alpha value is -1.31. The van der Waals surface area contributed by atoms with Crippen molar-refractivity contribution in [2.45, 2.75) is 40.0 Å². The van der Waals surface area contributed by atoms with Crippen LogP contribution in [0.4, 0.5) is 5.69 Å². The topological polar surface area (TPSA) is 38.9 Å². The fourth-order valence-electron chi connectivity index (χ4n) is 2.02. The van der Waals surface area contributed by atoms with Gasteiger partial charge in [-0.05, 0) is 48.8 Å². The Balaban J connectivity index is 2.26. The van der Waals surface area contributed by atoms with Crippen LogP contribution in [0.25, 0.3) is 5.57 Å². The van der Waals surface area contributed by atoms with Gasteiger partial charge in [-0.1, -0.05) is 19.9 Å². The normalized spacial score (nSPS) is 19.3. The van der Waals surface area contributed by atoms with E-state index >= 15 is 0 Å². The first-order valence-electron chi connectivity index (χ1n) is 5.89. The smallest absolute Gasteiger partial charge is 0.0679 e. The van der Waals surface area contributed by atoms with Crippen LogP contribution in [0.3, 0.4) is 0 Å². The van der Waals surface area contributed by atoms with Crippen molar-refractivity contribution in [2.24, 2.45) is 5.41 Å². The third kappa shape index (κ3) is 2.26. The Morgan fingerprint density at radius 3 is 2.69 bits per heavy atom. The van der Waals surface area contributed by atoms with E-state index in [0.717, 1.165) is 29.8 Å². The summed E-state index contributed by atoms with van der Waals surface area (Å²) in [4.78, 5) is 4.46. The van der Waals surface area contributed by atoms with Gasteiger partial charge < -0.3 is 5.73 Å². The van der Waals surface area contributed by atoms with Crippen molar-refractivity contribution in [3.8, 4) is 0 Å². The first kappa shape index (κ1) is 11.2. The van der Waals surface area contributed by atoms with Crippen molar-refractivity contribution in [1.82, 2.24) is 4.98 Å². The lowest BCUT2D eigenvalue weighted by molar-refractivity contribution is 0.334. The SMILES string of the molecule is Cc1cnc(C2=CCC(C)(C)CC2)cc1N. The number of nitrogens with zero attached hydrogens (tertiary/aromatic N) is 1. The number of allylic oxidation sites excluding steroid dienone is 2. The molecule has 2 heteroatoms. The van der Waals surface area contributed by atoms with E-state index in [2.05, 4.69) is 24.9 Å². The van der Waals surface area contributed by atoms with Crippen LogP contribution in [0.15, 0.2) is 18.3 Å². The van der Waals surface area contributed by atoms with Crippen molar-refractivity contribution in [3.63, 3.8) is 0 Å². The molecule has 2 N–H and O–H groups in total. The van der Waals surface area contributed by atoms with Gasteiger partial charge in [0.1, 0.15) is 0 Å². The molecule has 1 heterocycles. The number of rotatable bonds is 1. The van der Waals surface area contributed by atoms with Gasteiger partial charge in [-0.25, -0.2) is 0 Å². The summed E-state index contributed by atoms with van der Waals surface area (Å²) in [6.45, 7) is 6.62. The summed E-state index contributed by atoms with van der Waals surface area (Å²) >= 11 is 0. The number of pyridine rings is 1. The molecular formula is C14H20N2. The monoisotopic (exact) mass is 216 g/mol. The van der Waals surface area contributed by atoms with Crippen LogP contribution < -0.4 is 5.73 Å². The molecule has 0 unspecified atom stereocenters. The van der Waals surface area contributed by atoms with Gasteiger partial charge in [-0.2, -0.15) is 0 Å². The highest BCUT2D eigenvalue weighted by atomic mass is 14.7. The molecule has 1 aromatic heterocycles. The molecule has 0 spiro atoms. The van der Waals surface area contributed by atoms with Crippen LogP contribution in [0.2, 0.25) is 0 Å². The van der Waals surface area contributed by atoms with E-state index in [9.17, 15) is 0 Å². The summed E-state index contributed by atoms with van der Waals surface area (Å²) in [5, 5.41) is 0. The average molecular weight is 216 g/mol. The molecule has 1 aliphatic rings. The molecule has 0 aliphatic heterocycles. The van der Waals surface area contributed by atoms with E-state index in [4.69, 9.17) is 5.73 Å². The van der Waals surface area contributed by atoms with Crippen LogP contribution in [-0.2, 0) is 0 Å². The Labute approximate surface area is 97.6 Å². The summed E-state index contributed by atoms with van der Waals surface area (Å²) in [7, 11) is 0. The Morgan fingerprint density at radius 2 is 2.12 bits per heavy atom. The first-order valence-corrected chi connectivity index (χ1v) is 5.89. The molecule has 0 amide bonds. The average Bonchev–Trinajstić information content (AvgIpc) is 2.22. The standard InChI is InChI=1S/C14H20N2/c1-10-9-16-13(8-12(10)15)11-4-6-14(2,3)7-5-11/h4,8-9H,5-7H2,1-3H3,(H2,15,16).